The van der Waals surface area contributed by atoms with Gasteiger partial charge in [0.25, 0.3) is 0 Å². The minimum atomic E-state index is -0.0405. The van der Waals surface area contributed by atoms with Crippen molar-refractivity contribution in [1.29, 1.82) is 0 Å². The van der Waals surface area contributed by atoms with Gasteiger partial charge in [-0.1, -0.05) is 39.1 Å². The molecule has 1 nitrogen and oxygen atoms in total. The quantitative estimate of drug-likeness (QED) is 0.817. The summed E-state index contributed by atoms with van der Waals surface area (Å²) >= 11 is 14.9. The molecule has 0 saturated heterocycles. The molecule has 0 bridgehead atoms. The second kappa shape index (κ2) is 4.47. The van der Waals surface area contributed by atoms with Crippen LogP contribution in [0, 0.1) is 0 Å². The van der Waals surface area contributed by atoms with Crippen LogP contribution in [0.1, 0.15) is 11.1 Å². The van der Waals surface area contributed by atoms with E-state index in [0.29, 0.717) is 15.4 Å². The molecule has 4 heteroatoms. The maximum absolute atomic E-state index is 8.96. The van der Waals surface area contributed by atoms with Crippen molar-refractivity contribution in [2.45, 2.75) is 11.9 Å². The van der Waals surface area contributed by atoms with Crippen molar-refractivity contribution in [1.82, 2.24) is 0 Å². The number of benzene rings is 1. The first kappa shape index (κ1) is 10.3. The Balaban J connectivity index is 3.24. The Morgan fingerprint density at radius 2 is 2.00 bits per heavy atom. The van der Waals surface area contributed by atoms with Gasteiger partial charge >= 0.3 is 0 Å². The normalized spacial score (nSPS) is 10.3. The van der Waals surface area contributed by atoms with E-state index >= 15 is 0 Å². The average molecular weight is 270 g/mol. The number of alkyl halides is 1. The van der Waals surface area contributed by atoms with Crippen LogP contribution in [0.4, 0.5) is 0 Å². The van der Waals surface area contributed by atoms with Gasteiger partial charge < -0.3 is 5.11 Å². The topological polar surface area (TPSA) is 20.2 Å². The van der Waals surface area contributed by atoms with Crippen molar-refractivity contribution in [3.8, 4) is 0 Å². The van der Waals surface area contributed by atoms with Gasteiger partial charge in [-0.05, 0) is 23.3 Å². The fourth-order valence-corrected chi connectivity index (χ4v) is 2.37. The molecule has 0 aliphatic heterocycles. The van der Waals surface area contributed by atoms with E-state index in [2.05, 4.69) is 15.9 Å². The van der Waals surface area contributed by atoms with Gasteiger partial charge in [-0.15, -0.1) is 0 Å². The Morgan fingerprint density at radius 1 is 1.33 bits per heavy atom. The van der Waals surface area contributed by atoms with Crippen LogP contribution in [0.2, 0.25) is 10.0 Å². The molecule has 0 aliphatic rings. The van der Waals surface area contributed by atoms with Crippen LogP contribution < -0.4 is 0 Å². The summed E-state index contributed by atoms with van der Waals surface area (Å²) in [7, 11) is 0. The molecule has 12 heavy (non-hydrogen) atoms. The van der Waals surface area contributed by atoms with Crippen LogP contribution >= 0.6 is 39.1 Å². The Bertz CT molecular complexity index is 289. The molecule has 1 rings (SSSR count). The molecule has 0 aromatic heterocycles. The summed E-state index contributed by atoms with van der Waals surface area (Å²) < 4.78 is 0. The first-order valence-electron chi connectivity index (χ1n) is 3.32. The van der Waals surface area contributed by atoms with Crippen LogP contribution in [0.5, 0.6) is 0 Å². The van der Waals surface area contributed by atoms with Gasteiger partial charge in [-0.2, -0.15) is 0 Å². The molecule has 0 heterocycles. The van der Waals surface area contributed by atoms with Gasteiger partial charge in [-0.25, -0.2) is 0 Å². The van der Waals surface area contributed by atoms with E-state index in [0.717, 1.165) is 11.1 Å². The minimum absolute atomic E-state index is 0.0405. The van der Waals surface area contributed by atoms with Gasteiger partial charge in [0.15, 0.2) is 0 Å². The summed E-state index contributed by atoms with van der Waals surface area (Å²) in [4.78, 5) is 0. The Hall–Kier alpha value is 0.240. The lowest BCUT2D eigenvalue weighted by atomic mass is 10.1. The molecular weight excluding hydrogens is 263 g/mol. The number of hydrogen-bond acceptors (Lipinski definition) is 1. The molecular formula is C8H7BrCl2O. The fourth-order valence-electron chi connectivity index (χ4n) is 0.948. The maximum atomic E-state index is 8.96. The lowest BCUT2D eigenvalue weighted by Gasteiger charge is -2.06. The Kier molecular flexibility index (Phi) is 3.84. The van der Waals surface area contributed by atoms with Crippen LogP contribution in [-0.4, -0.2) is 5.11 Å². The van der Waals surface area contributed by atoms with E-state index in [1.165, 1.54) is 0 Å². The molecule has 0 radical (unpaired) electrons. The third-order valence-corrected chi connectivity index (χ3v) is 2.67. The van der Waals surface area contributed by atoms with E-state index in [4.69, 9.17) is 28.3 Å². The van der Waals surface area contributed by atoms with Crippen LogP contribution in [-0.2, 0) is 11.9 Å². The van der Waals surface area contributed by atoms with E-state index in [1.807, 2.05) is 0 Å². The third kappa shape index (κ3) is 2.13. The van der Waals surface area contributed by atoms with Gasteiger partial charge in [0.05, 0.1) is 6.61 Å². The second-order valence-electron chi connectivity index (χ2n) is 2.32. The zero-order valence-electron chi connectivity index (χ0n) is 6.15. The number of halogens is 3. The molecule has 1 aromatic carbocycles. The SMILES string of the molecule is OCc1cc(Cl)cc(Cl)c1CBr. The highest BCUT2D eigenvalue weighted by Crippen LogP contribution is 2.27. The fraction of sp³-hybridized carbons (Fsp3) is 0.250. The van der Waals surface area contributed by atoms with Crippen LogP contribution in [0.25, 0.3) is 0 Å². The van der Waals surface area contributed by atoms with Crippen LogP contribution in [0.15, 0.2) is 12.1 Å². The Labute approximate surface area is 89.4 Å². The van der Waals surface area contributed by atoms with Crippen molar-refractivity contribution in [3.63, 3.8) is 0 Å². The predicted octanol–water partition coefficient (Wildman–Crippen LogP) is 3.38. The second-order valence-corrected chi connectivity index (χ2v) is 3.72. The number of rotatable bonds is 2. The molecule has 1 N–H and O–H groups in total. The first-order valence-corrected chi connectivity index (χ1v) is 5.20. The van der Waals surface area contributed by atoms with E-state index < -0.39 is 0 Å². The van der Waals surface area contributed by atoms with Gasteiger partial charge in [0.1, 0.15) is 0 Å². The summed E-state index contributed by atoms with van der Waals surface area (Å²) in [6, 6.07) is 3.38. The van der Waals surface area contributed by atoms with Gasteiger partial charge in [0, 0.05) is 15.4 Å². The van der Waals surface area contributed by atoms with Crippen molar-refractivity contribution in [2.24, 2.45) is 0 Å². The Morgan fingerprint density at radius 3 is 2.50 bits per heavy atom. The lowest BCUT2D eigenvalue weighted by Crippen LogP contribution is -1.92. The molecule has 0 spiro atoms. The van der Waals surface area contributed by atoms with E-state index in [9.17, 15) is 0 Å². The summed E-state index contributed by atoms with van der Waals surface area (Å²) in [5.41, 5.74) is 1.66. The highest BCUT2D eigenvalue weighted by atomic mass is 79.9. The first-order chi connectivity index (χ1) is 5.69. The van der Waals surface area contributed by atoms with Crippen molar-refractivity contribution in [2.75, 3.05) is 0 Å². The summed E-state index contributed by atoms with van der Waals surface area (Å²) in [6.45, 7) is -0.0405. The van der Waals surface area contributed by atoms with Crippen molar-refractivity contribution < 1.29 is 5.11 Å². The van der Waals surface area contributed by atoms with Gasteiger partial charge in [-0.3, -0.25) is 0 Å². The standard InChI is InChI=1S/C8H7BrCl2O/c9-3-7-5(4-12)1-6(10)2-8(7)11/h1-2,12H,3-4H2. The van der Waals surface area contributed by atoms with Gasteiger partial charge in [0.2, 0.25) is 0 Å². The largest absolute Gasteiger partial charge is 0.392 e. The molecule has 1 aromatic rings. The highest BCUT2D eigenvalue weighted by Gasteiger charge is 2.06. The smallest absolute Gasteiger partial charge is 0.0685 e. The maximum Gasteiger partial charge on any atom is 0.0685 e. The predicted molar refractivity (Wildman–Crippen MR) is 55.0 cm³/mol. The minimum Gasteiger partial charge on any atom is -0.392 e. The van der Waals surface area contributed by atoms with E-state index in [-0.39, 0.29) is 6.61 Å². The molecule has 0 aliphatic carbocycles. The summed E-state index contributed by atoms with van der Waals surface area (Å²) in [6.07, 6.45) is 0. The summed E-state index contributed by atoms with van der Waals surface area (Å²) in [5, 5.41) is 10.7. The third-order valence-electron chi connectivity index (χ3n) is 1.56. The van der Waals surface area contributed by atoms with E-state index in [1.54, 1.807) is 12.1 Å². The monoisotopic (exact) mass is 268 g/mol. The number of hydrogen-bond donors (Lipinski definition) is 1. The molecule has 0 unspecified atom stereocenters. The van der Waals surface area contributed by atoms with Crippen molar-refractivity contribution >= 4 is 39.1 Å². The molecule has 66 valence electrons. The lowest BCUT2D eigenvalue weighted by molar-refractivity contribution is 0.281. The van der Waals surface area contributed by atoms with Crippen molar-refractivity contribution in [3.05, 3.63) is 33.3 Å². The van der Waals surface area contributed by atoms with Crippen LogP contribution in [0.3, 0.4) is 0 Å². The molecule has 0 amide bonds. The number of aliphatic hydroxyl groups excluding tert-OH is 1. The zero-order valence-corrected chi connectivity index (χ0v) is 9.25. The average Bonchev–Trinajstić information content (AvgIpc) is 2.03. The summed E-state index contributed by atoms with van der Waals surface area (Å²) in [5.74, 6) is 0. The number of aliphatic hydroxyl groups is 1. The molecule has 0 saturated carbocycles. The molecule has 0 fully saturated rings. The molecule has 0 atom stereocenters. The zero-order chi connectivity index (χ0) is 9.14. The highest BCUT2D eigenvalue weighted by molar-refractivity contribution is 9.08.